The quantitative estimate of drug-likeness (QED) is 0.928. The van der Waals surface area contributed by atoms with Crippen molar-refractivity contribution in [3.8, 4) is 0 Å². The summed E-state index contributed by atoms with van der Waals surface area (Å²) >= 11 is 0. The summed E-state index contributed by atoms with van der Waals surface area (Å²) in [6, 6.07) is 10.8. The second-order valence-electron chi connectivity index (χ2n) is 5.93. The number of hydrogen-bond donors (Lipinski definition) is 1. The molecule has 1 fully saturated rings. The fourth-order valence-electron chi connectivity index (χ4n) is 3.27. The van der Waals surface area contributed by atoms with Gasteiger partial charge in [-0.25, -0.2) is 0 Å². The van der Waals surface area contributed by atoms with Crippen LogP contribution in [-0.2, 0) is 12.1 Å². The van der Waals surface area contributed by atoms with E-state index in [1.807, 2.05) is 10.9 Å². The first kappa shape index (κ1) is 13.4. The highest BCUT2D eigenvalue weighted by Crippen LogP contribution is 2.41. The average molecular weight is 269 g/mol. The van der Waals surface area contributed by atoms with Gasteiger partial charge in [-0.3, -0.25) is 4.68 Å². The Hall–Kier alpha value is -1.61. The Morgan fingerprint density at radius 1 is 1.25 bits per heavy atom. The number of nitrogens with two attached hydrogens (primary N) is 1. The van der Waals surface area contributed by atoms with Crippen molar-refractivity contribution in [1.29, 1.82) is 0 Å². The van der Waals surface area contributed by atoms with E-state index in [0.29, 0.717) is 5.92 Å². The van der Waals surface area contributed by atoms with Crippen LogP contribution < -0.4 is 5.73 Å². The molecule has 1 heterocycles. The van der Waals surface area contributed by atoms with Gasteiger partial charge in [0.05, 0.1) is 6.20 Å². The minimum Gasteiger partial charge on any atom is -0.321 e. The highest BCUT2D eigenvalue weighted by atomic mass is 15.3. The molecule has 0 amide bonds. The van der Waals surface area contributed by atoms with Crippen molar-refractivity contribution in [2.24, 2.45) is 5.73 Å². The number of benzene rings is 1. The van der Waals surface area contributed by atoms with Crippen LogP contribution in [0.25, 0.3) is 0 Å². The van der Waals surface area contributed by atoms with Crippen molar-refractivity contribution >= 4 is 0 Å². The molecule has 0 bridgehead atoms. The Labute approximate surface area is 120 Å². The average Bonchev–Trinajstić information content (AvgIpc) is 2.99. The van der Waals surface area contributed by atoms with E-state index >= 15 is 0 Å². The predicted octanol–water partition coefficient (Wildman–Crippen LogP) is 3.41. The second-order valence-corrected chi connectivity index (χ2v) is 5.93. The van der Waals surface area contributed by atoms with Crippen LogP contribution in [0.15, 0.2) is 42.7 Å². The molecule has 0 saturated heterocycles. The van der Waals surface area contributed by atoms with Crippen LogP contribution in [0.3, 0.4) is 0 Å². The van der Waals surface area contributed by atoms with Crippen LogP contribution in [0.4, 0.5) is 0 Å². The van der Waals surface area contributed by atoms with Crippen LogP contribution in [0.2, 0.25) is 0 Å². The maximum atomic E-state index is 6.64. The summed E-state index contributed by atoms with van der Waals surface area (Å²) in [7, 11) is 0. The summed E-state index contributed by atoms with van der Waals surface area (Å²) < 4.78 is 1.97. The molecular weight excluding hydrogens is 246 g/mol. The summed E-state index contributed by atoms with van der Waals surface area (Å²) in [5, 5.41) is 4.37. The fourth-order valence-corrected chi connectivity index (χ4v) is 3.27. The molecule has 1 saturated carbocycles. The van der Waals surface area contributed by atoms with Gasteiger partial charge in [-0.1, -0.05) is 30.3 Å². The molecule has 1 aliphatic carbocycles. The van der Waals surface area contributed by atoms with Crippen LogP contribution >= 0.6 is 0 Å². The van der Waals surface area contributed by atoms with Gasteiger partial charge in [-0.2, -0.15) is 5.10 Å². The second kappa shape index (κ2) is 5.41. The molecule has 3 heteroatoms. The Morgan fingerprint density at radius 2 is 1.95 bits per heavy atom. The summed E-state index contributed by atoms with van der Waals surface area (Å²) in [6.45, 7) is 3.01. The standard InChI is InChI=1S/C17H23N3/c1-2-20-13-16(12-19-20)17(18)10-8-15(9-11-17)14-6-4-3-5-7-14/h3-7,12-13,15H,2,8-11,18H2,1H3. The van der Waals surface area contributed by atoms with Crippen LogP contribution in [0, 0.1) is 0 Å². The maximum absolute atomic E-state index is 6.64. The van der Waals surface area contributed by atoms with Crippen molar-refractivity contribution in [3.05, 3.63) is 53.9 Å². The number of hydrogen-bond acceptors (Lipinski definition) is 2. The zero-order valence-electron chi connectivity index (χ0n) is 12.1. The van der Waals surface area contributed by atoms with Crippen molar-refractivity contribution in [1.82, 2.24) is 9.78 Å². The van der Waals surface area contributed by atoms with Gasteiger partial charge in [0.2, 0.25) is 0 Å². The van der Waals surface area contributed by atoms with E-state index in [0.717, 1.165) is 32.2 Å². The molecule has 0 atom stereocenters. The lowest BCUT2D eigenvalue weighted by Crippen LogP contribution is -2.39. The zero-order valence-corrected chi connectivity index (χ0v) is 12.1. The first-order valence-corrected chi connectivity index (χ1v) is 7.58. The third kappa shape index (κ3) is 2.50. The lowest BCUT2D eigenvalue weighted by molar-refractivity contribution is 0.277. The van der Waals surface area contributed by atoms with E-state index in [4.69, 9.17) is 5.73 Å². The normalized spacial score (nSPS) is 26.6. The topological polar surface area (TPSA) is 43.8 Å². The molecule has 1 aromatic carbocycles. The van der Waals surface area contributed by atoms with Gasteiger partial charge in [0, 0.05) is 23.8 Å². The number of rotatable bonds is 3. The molecule has 2 aromatic rings. The zero-order chi connectivity index (χ0) is 14.0. The van der Waals surface area contributed by atoms with Gasteiger partial charge in [-0.15, -0.1) is 0 Å². The van der Waals surface area contributed by atoms with Crippen molar-refractivity contribution in [2.75, 3.05) is 0 Å². The van der Waals surface area contributed by atoms with E-state index in [2.05, 4.69) is 48.6 Å². The van der Waals surface area contributed by atoms with E-state index in [1.54, 1.807) is 0 Å². The molecule has 1 aromatic heterocycles. The molecule has 0 spiro atoms. The molecule has 0 radical (unpaired) electrons. The van der Waals surface area contributed by atoms with Gasteiger partial charge < -0.3 is 5.73 Å². The first-order valence-electron chi connectivity index (χ1n) is 7.58. The number of aryl methyl sites for hydroxylation is 1. The Kier molecular flexibility index (Phi) is 3.62. The van der Waals surface area contributed by atoms with Gasteiger partial charge in [0.1, 0.15) is 0 Å². The highest BCUT2D eigenvalue weighted by Gasteiger charge is 2.34. The van der Waals surface area contributed by atoms with Gasteiger partial charge in [-0.05, 0) is 44.1 Å². The van der Waals surface area contributed by atoms with E-state index < -0.39 is 0 Å². The van der Waals surface area contributed by atoms with Crippen molar-refractivity contribution in [2.45, 2.75) is 50.6 Å². The molecular formula is C17H23N3. The third-order valence-corrected chi connectivity index (χ3v) is 4.68. The summed E-state index contributed by atoms with van der Waals surface area (Å²) in [5.74, 6) is 0.661. The maximum Gasteiger partial charge on any atom is 0.0540 e. The van der Waals surface area contributed by atoms with Crippen molar-refractivity contribution in [3.63, 3.8) is 0 Å². The predicted molar refractivity (Wildman–Crippen MR) is 81.4 cm³/mol. The van der Waals surface area contributed by atoms with Gasteiger partial charge >= 0.3 is 0 Å². The summed E-state index contributed by atoms with van der Waals surface area (Å²) in [5.41, 5.74) is 9.11. The smallest absolute Gasteiger partial charge is 0.0540 e. The SMILES string of the molecule is CCn1cc(C2(N)CCC(c3ccccc3)CC2)cn1. The van der Waals surface area contributed by atoms with Crippen LogP contribution in [0.1, 0.15) is 49.7 Å². The third-order valence-electron chi connectivity index (χ3n) is 4.68. The monoisotopic (exact) mass is 269 g/mol. The molecule has 3 nitrogen and oxygen atoms in total. The van der Waals surface area contributed by atoms with E-state index in [1.165, 1.54) is 11.1 Å². The molecule has 3 rings (SSSR count). The fraction of sp³-hybridized carbons (Fsp3) is 0.471. The van der Waals surface area contributed by atoms with Crippen LogP contribution in [-0.4, -0.2) is 9.78 Å². The van der Waals surface area contributed by atoms with E-state index in [9.17, 15) is 0 Å². The molecule has 2 N–H and O–H groups in total. The lowest BCUT2D eigenvalue weighted by Gasteiger charge is -2.36. The lowest BCUT2D eigenvalue weighted by atomic mass is 9.72. The van der Waals surface area contributed by atoms with Crippen molar-refractivity contribution < 1.29 is 0 Å². The minimum absolute atomic E-state index is 0.182. The van der Waals surface area contributed by atoms with E-state index in [-0.39, 0.29) is 5.54 Å². The molecule has 1 aliphatic rings. The molecule has 0 unspecified atom stereocenters. The largest absolute Gasteiger partial charge is 0.321 e. The Bertz CT molecular complexity index is 551. The number of aromatic nitrogens is 2. The number of nitrogens with zero attached hydrogens (tertiary/aromatic N) is 2. The summed E-state index contributed by atoms with van der Waals surface area (Å²) in [4.78, 5) is 0. The molecule has 0 aliphatic heterocycles. The molecule has 106 valence electrons. The van der Waals surface area contributed by atoms with Crippen LogP contribution in [0.5, 0.6) is 0 Å². The van der Waals surface area contributed by atoms with Gasteiger partial charge in [0.25, 0.3) is 0 Å². The summed E-state index contributed by atoms with van der Waals surface area (Å²) in [6.07, 6.45) is 8.48. The first-order chi connectivity index (χ1) is 9.71. The highest BCUT2D eigenvalue weighted by molar-refractivity contribution is 5.24. The van der Waals surface area contributed by atoms with Gasteiger partial charge in [0.15, 0.2) is 0 Å². The minimum atomic E-state index is -0.182. The Morgan fingerprint density at radius 3 is 2.55 bits per heavy atom. The Balaban J connectivity index is 1.71. The molecule has 20 heavy (non-hydrogen) atoms.